The zero-order chi connectivity index (χ0) is 20.9. The van der Waals surface area contributed by atoms with Gasteiger partial charge < -0.3 is 9.26 Å². The fraction of sp³-hybridized carbons (Fsp3) is 0.227. The van der Waals surface area contributed by atoms with E-state index in [4.69, 9.17) is 20.5 Å². The molecule has 1 unspecified atom stereocenters. The van der Waals surface area contributed by atoms with Gasteiger partial charge in [0.1, 0.15) is 18.4 Å². The molecule has 3 aromatic carbocycles. The topological polar surface area (TPSA) is 64.6 Å². The minimum absolute atomic E-state index is 0.126. The van der Waals surface area contributed by atoms with E-state index in [9.17, 15) is 9.36 Å². The van der Waals surface area contributed by atoms with Gasteiger partial charge in [-0.1, -0.05) is 80.6 Å². The molecule has 0 amide bonds. The number of fused-ring (bicyclic) bond motifs is 1. The number of ether oxygens (including phenoxy) is 1. The molecule has 0 heterocycles. The Labute approximate surface area is 175 Å². The van der Waals surface area contributed by atoms with Crippen LogP contribution in [0.3, 0.4) is 0 Å². The van der Waals surface area contributed by atoms with Crippen molar-refractivity contribution in [2.24, 2.45) is 5.92 Å². The third kappa shape index (κ3) is 5.83. The van der Waals surface area contributed by atoms with E-state index in [0.29, 0.717) is 5.75 Å². The van der Waals surface area contributed by atoms with Crippen LogP contribution >= 0.6 is 18.1 Å². The number of carbonyl (C=O) groups is 1. The first-order valence-corrected chi connectivity index (χ1v) is 11.8. The Morgan fingerprint density at radius 3 is 2.38 bits per heavy atom. The summed E-state index contributed by atoms with van der Waals surface area (Å²) in [4.78, 5) is 12.6. The molecule has 0 saturated heterocycles. The minimum atomic E-state index is -3.86. The van der Waals surface area contributed by atoms with Crippen molar-refractivity contribution in [2.75, 3.05) is 0 Å². The molecule has 0 bridgehead atoms. The highest BCUT2D eigenvalue weighted by Crippen LogP contribution is 2.50. The van der Waals surface area contributed by atoms with Gasteiger partial charge in [-0.3, -0.25) is 4.79 Å². The van der Waals surface area contributed by atoms with E-state index >= 15 is 0 Å². The van der Waals surface area contributed by atoms with E-state index in [1.54, 1.807) is 12.1 Å². The third-order valence-corrected chi connectivity index (χ3v) is 5.92. The molecule has 0 aromatic heterocycles. The SMILES string of the molecule is CC(C)[C@H](NP(=O)(Cl)Oc1cccc2ccccc12)C(=O)OCc1ccccc1. The maximum absolute atomic E-state index is 12.9. The predicted molar refractivity (Wildman–Crippen MR) is 116 cm³/mol. The molecule has 29 heavy (non-hydrogen) atoms. The summed E-state index contributed by atoms with van der Waals surface area (Å²) in [5.74, 6) is -0.359. The molecule has 0 spiro atoms. The number of hydrogen-bond acceptors (Lipinski definition) is 4. The van der Waals surface area contributed by atoms with E-state index < -0.39 is 18.9 Å². The fourth-order valence-corrected chi connectivity index (χ4v) is 4.63. The first-order chi connectivity index (χ1) is 13.9. The second kappa shape index (κ2) is 9.45. The van der Waals surface area contributed by atoms with Gasteiger partial charge in [-0.15, -0.1) is 0 Å². The lowest BCUT2D eigenvalue weighted by Crippen LogP contribution is -2.40. The summed E-state index contributed by atoms with van der Waals surface area (Å²) in [6.07, 6.45) is 0. The minimum Gasteiger partial charge on any atom is -0.460 e. The Balaban J connectivity index is 1.71. The average molecular weight is 432 g/mol. The molecule has 0 aliphatic heterocycles. The lowest BCUT2D eigenvalue weighted by molar-refractivity contribution is -0.148. The highest BCUT2D eigenvalue weighted by molar-refractivity contribution is 7.84. The van der Waals surface area contributed by atoms with Gasteiger partial charge in [0.25, 0.3) is 0 Å². The molecular weight excluding hydrogens is 409 g/mol. The number of halogens is 1. The van der Waals surface area contributed by atoms with Crippen LogP contribution in [0.5, 0.6) is 5.75 Å². The second-order valence-corrected chi connectivity index (χ2v) is 9.73. The molecule has 0 fully saturated rings. The van der Waals surface area contributed by atoms with Crippen molar-refractivity contribution in [3.05, 3.63) is 78.4 Å². The monoisotopic (exact) mass is 431 g/mol. The summed E-state index contributed by atoms with van der Waals surface area (Å²) < 4.78 is 23.9. The van der Waals surface area contributed by atoms with Crippen LogP contribution in [0.15, 0.2) is 72.8 Å². The summed E-state index contributed by atoms with van der Waals surface area (Å²) in [5, 5.41) is 4.38. The molecule has 5 nitrogen and oxygen atoms in total. The van der Waals surface area contributed by atoms with E-state index in [1.807, 2.05) is 74.5 Å². The van der Waals surface area contributed by atoms with Crippen molar-refractivity contribution in [3.8, 4) is 5.75 Å². The van der Waals surface area contributed by atoms with Crippen molar-refractivity contribution in [3.63, 3.8) is 0 Å². The fourth-order valence-electron chi connectivity index (χ4n) is 2.89. The Morgan fingerprint density at radius 2 is 1.66 bits per heavy atom. The van der Waals surface area contributed by atoms with Gasteiger partial charge >= 0.3 is 12.8 Å². The maximum atomic E-state index is 12.9. The smallest absolute Gasteiger partial charge is 0.409 e. The average Bonchev–Trinajstić information content (AvgIpc) is 2.71. The van der Waals surface area contributed by atoms with Crippen LogP contribution < -0.4 is 9.61 Å². The Morgan fingerprint density at radius 1 is 1.00 bits per heavy atom. The van der Waals surface area contributed by atoms with Crippen LogP contribution in [-0.2, 0) is 20.7 Å². The highest BCUT2D eigenvalue weighted by atomic mass is 35.7. The van der Waals surface area contributed by atoms with Crippen LogP contribution in [0, 0.1) is 5.92 Å². The van der Waals surface area contributed by atoms with Gasteiger partial charge in [0.05, 0.1) is 0 Å². The molecule has 0 radical (unpaired) electrons. The van der Waals surface area contributed by atoms with E-state index in [1.165, 1.54) is 0 Å². The molecule has 152 valence electrons. The Bertz CT molecular complexity index is 1020. The van der Waals surface area contributed by atoms with Crippen molar-refractivity contribution in [1.82, 2.24) is 5.09 Å². The van der Waals surface area contributed by atoms with Gasteiger partial charge in [-0.05, 0) is 22.9 Å². The van der Waals surface area contributed by atoms with E-state index in [2.05, 4.69) is 5.09 Å². The number of rotatable bonds is 8. The van der Waals surface area contributed by atoms with Gasteiger partial charge in [-0.2, -0.15) is 0 Å². The van der Waals surface area contributed by atoms with Crippen molar-refractivity contribution < 1.29 is 18.6 Å². The summed E-state index contributed by atoms with van der Waals surface area (Å²) in [6.45, 7) is -0.0991. The number of hydrogen-bond donors (Lipinski definition) is 1. The first kappa shape index (κ1) is 21.4. The van der Waals surface area contributed by atoms with Crippen molar-refractivity contribution in [2.45, 2.75) is 26.5 Å². The standard InChI is InChI=1S/C22H23ClNO4P/c1-16(2)21(22(25)27-15-17-9-4-3-5-10-17)24-29(23,26)28-20-14-8-12-18-11-6-7-13-19(18)20/h3-14,16,21H,15H2,1-2H3,(H,24,26)/t21-,29?/m0/s1. The number of nitrogens with one attached hydrogen (secondary N) is 1. The summed E-state index contributed by atoms with van der Waals surface area (Å²) in [7, 11) is 0. The van der Waals surface area contributed by atoms with Crippen LogP contribution in [0.4, 0.5) is 0 Å². The third-order valence-electron chi connectivity index (χ3n) is 4.40. The molecule has 0 saturated carbocycles. The zero-order valence-corrected chi connectivity index (χ0v) is 17.9. The normalized spacial score (nSPS) is 14.3. The van der Waals surface area contributed by atoms with Gasteiger partial charge in [0.15, 0.2) is 0 Å². The highest BCUT2D eigenvalue weighted by Gasteiger charge is 2.33. The van der Waals surface area contributed by atoms with Crippen LogP contribution in [-0.4, -0.2) is 12.0 Å². The van der Waals surface area contributed by atoms with Crippen molar-refractivity contribution in [1.29, 1.82) is 0 Å². The number of carbonyl (C=O) groups excluding carboxylic acids is 1. The van der Waals surface area contributed by atoms with Crippen molar-refractivity contribution >= 4 is 34.9 Å². The van der Waals surface area contributed by atoms with Crippen LogP contribution in [0.25, 0.3) is 10.8 Å². The lowest BCUT2D eigenvalue weighted by atomic mass is 10.1. The number of esters is 1. The molecule has 2 atom stereocenters. The molecule has 3 rings (SSSR count). The van der Waals surface area contributed by atoms with Crippen LogP contribution in [0.1, 0.15) is 19.4 Å². The van der Waals surface area contributed by atoms with Gasteiger partial charge in [0.2, 0.25) is 0 Å². The maximum Gasteiger partial charge on any atom is 0.409 e. The summed E-state index contributed by atoms with van der Waals surface area (Å²) >= 11 is 6.19. The van der Waals surface area contributed by atoms with Gasteiger partial charge in [-0.25, -0.2) is 9.65 Å². The number of benzene rings is 3. The molecular formula is C22H23ClNO4P. The zero-order valence-electron chi connectivity index (χ0n) is 16.2. The molecule has 0 aliphatic rings. The van der Waals surface area contributed by atoms with E-state index in [-0.39, 0.29) is 12.5 Å². The Kier molecular flexibility index (Phi) is 6.96. The first-order valence-electron chi connectivity index (χ1n) is 9.31. The van der Waals surface area contributed by atoms with E-state index in [0.717, 1.165) is 16.3 Å². The second-order valence-electron chi connectivity index (χ2n) is 6.99. The van der Waals surface area contributed by atoms with Gasteiger partial charge in [0, 0.05) is 16.6 Å². The summed E-state index contributed by atoms with van der Waals surface area (Å²) in [5.41, 5.74) is 0.865. The molecule has 0 aliphatic carbocycles. The molecule has 3 aromatic rings. The molecule has 7 heteroatoms. The molecule has 1 N–H and O–H groups in total. The largest absolute Gasteiger partial charge is 0.460 e. The Hall–Kier alpha value is -2.33. The van der Waals surface area contributed by atoms with Crippen LogP contribution in [0.2, 0.25) is 0 Å². The predicted octanol–water partition coefficient (Wildman–Crippen LogP) is 5.92. The summed E-state index contributed by atoms with van der Waals surface area (Å²) in [6, 6.07) is 21.4. The quantitative estimate of drug-likeness (QED) is 0.354. The lowest BCUT2D eigenvalue weighted by Gasteiger charge is -2.24.